The van der Waals surface area contributed by atoms with Gasteiger partial charge in [-0.05, 0) is 38.1 Å². The van der Waals surface area contributed by atoms with Crippen molar-refractivity contribution < 1.29 is 4.79 Å². The van der Waals surface area contributed by atoms with Gasteiger partial charge in [0.2, 0.25) is 5.91 Å². The van der Waals surface area contributed by atoms with Crippen LogP contribution >= 0.6 is 11.8 Å². The lowest BCUT2D eigenvalue weighted by atomic mass is 9.97. The summed E-state index contributed by atoms with van der Waals surface area (Å²) in [6.45, 7) is 1.77. The molecule has 16 heavy (non-hydrogen) atoms. The van der Waals surface area contributed by atoms with Crippen LogP contribution in [0.3, 0.4) is 0 Å². The number of amides is 1. The minimum Gasteiger partial charge on any atom is -0.317 e. The first-order valence-electron chi connectivity index (χ1n) is 5.39. The van der Waals surface area contributed by atoms with Crippen LogP contribution < -0.4 is 9.74 Å². The molecular weight excluding hydrogens is 226 g/mol. The molecule has 86 valence electrons. The number of hydrogen-bond donors (Lipinski definition) is 1. The molecule has 0 aromatic carbocycles. The molecule has 1 aliphatic heterocycles. The first kappa shape index (κ1) is 11.4. The maximum absolute atomic E-state index is 12.0. The zero-order valence-corrected chi connectivity index (χ0v) is 9.65. The summed E-state index contributed by atoms with van der Waals surface area (Å²) < 4.78 is 1.21. The summed E-state index contributed by atoms with van der Waals surface area (Å²) in [6.07, 6.45) is 4.96. The number of nitrogens with zero attached hydrogens (tertiary/aromatic N) is 2. The summed E-state index contributed by atoms with van der Waals surface area (Å²) in [4.78, 5) is 15.9. The zero-order valence-electron chi connectivity index (χ0n) is 8.90. The molecule has 0 unspecified atom stereocenters. The topological polar surface area (TPSA) is 45.2 Å². The number of anilines is 1. The van der Waals surface area contributed by atoms with Crippen LogP contribution in [0, 0.1) is 5.92 Å². The summed E-state index contributed by atoms with van der Waals surface area (Å²) in [7, 11) is 0. The average Bonchev–Trinajstić information content (AvgIpc) is 2.39. The first-order valence-corrected chi connectivity index (χ1v) is 5.73. The van der Waals surface area contributed by atoms with Gasteiger partial charge in [0.15, 0.2) is 0 Å². The van der Waals surface area contributed by atoms with Gasteiger partial charge in [-0.1, -0.05) is 0 Å². The summed E-state index contributed by atoms with van der Waals surface area (Å²) in [5, 5.41) is 3.22. The first-order chi connectivity index (χ1) is 7.79. The molecule has 1 fully saturated rings. The molecular formula is C11H14ClN3O. The molecule has 0 radical (unpaired) electrons. The van der Waals surface area contributed by atoms with Gasteiger partial charge in [0.25, 0.3) is 0 Å². The number of nitrogens with one attached hydrogen (secondary N) is 1. The standard InChI is InChI=1S/C11H14ClN3O/c12-15(10-3-7-14-8-4-10)11(16)9-1-5-13-6-2-9/h3-4,7-9,13H,1-2,5-6H2. The molecule has 2 heterocycles. The molecule has 2 rings (SSSR count). The van der Waals surface area contributed by atoms with Gasteiger partial charge in [-0.2, -0.15) is 0 Å². The smallest absolute Gasteiger partial charge is 0.244 e. The van der Waals surface area contributed by atoms with Gasteiger partial charge < -0.3 is 5.32 Å². The number of piperidine rings is 1. The van der Waals surface area contributed by atoms with Gasteiger partial charge >= 0.3 is 0 Å². The third-order valence-corrected chi connectivity index (χ3v) is 3.13. The fourth-order valence-electron chi connectivity index (χ4n) is 1.83. The lowest BCUT2D eigenvalue weighted by Gasteiger charge is -2.24. The van der Waals surface area contributed by atoms with Crippen LogP contribution in [0.25, 0.3) is 0 Å². The summed E-state index contributed by atoms with van der Waals surface area (Å²) in [5.41, 5.74) is 0.681. The van der Waals surface area contributed by atoms with Crippen molar-refractivity contribution in [1.29, 1.82) is 0 Å². The van der Waals surface area contributed by atoms with Crippen molar-refractivity contribution in [2.45, 2.75) is 12.8 Å². The molecule has 0 bridgehead atoms. The Balaban J connectivity index is 2.04. The van der Waals surface area contributed by atoms with Crippen LogP contribution in [0.15, 0.2) is 24.5 Å². The predicted molar refractivity (Wildman–Crippen MR) is 63.2 cm³/mol. The summed E-state index contributed by atoms with van der Waals surface area (Å²) in [6, 6.07) is 3.46. The number of pyridine rings is 1. The van der Waals surface area contributed by atoms with Crippen molar-refractivity contribution in [3.63, 3.8) is 0 Å². The molecule has 1 saturated heterocycles. The van der Waals surface area contributed by atoms with E-state index in [0.717, 1.165) is 25.9 Å². The van der Waals surface area contributed by atoms with Gasteiger partial charge in [-0.15, -0.1) is 0 Å². The normalized spacial score (nSPS) is 17.1. The monoisotopic (exact) mass is 239 g/mol. The Morgan fingerprint density at radius 1 is 1.38 bits per heavy atom. The molecule has 1 aromatic heterocycles. The van der Waals surface area contributed by atoms with E-state index in [1.54, 1.807) is 24.5 Å². The number of carbonyl (C=O) groups excluding carboxylic acids is 1. The molecule has 0 atom stereocenters. The second kappa shape index (κ2) is 5.27. The molecule has 5 heteroatoms. The Bertz CT molecular complexity index is 352. The van der Waals surface area contributed by atoms with E-state index < -0.39 is 0 Å². The zero-order chi connectivity index (χ0) is 11.4. The minimum absolute atomic E-state index is 0.0191. The maximum Gasteiger partial charge on any atom is 0.244 e. The number of carbonyl (C=O) groups is 1. The van der Waals surface area contributed by atoms with Gasteiger partial charge in [-0.3, -0.25) is 9.78 Å². The van der Waals surface area contributed by atoms with E-state index >= 15 is 0 Å². The van der Waals surface area contributed by atoms with E-state index in [4.69, 9.17) is 11.8 Å². The van der Waals surface area contributed by atoms with Crippen LogP contribution in [-0.4, -0.2) is 24.0 Å². The maximum atomic E-state index is 12.0. The highest BCUT2D eigenvalue weighted by Gasteiger charge is 2.25. The third kappa shape index (κ3) is 2.51. The number of rotatable bonds is 2. The van der Waals surface area contributed by atoms with Crippen molar-refractivity contribution in [1.82, 2.24) is 10.3 Å². The van der Waals surface area contributed by atoms with Crippen molar-refractivity contribution in [2.24, 2.45) is 5.92 Å². The molecule has 4 nitrogen and oxygen atoms in total. The lowest BCUT2D eigenvalue weighted by molar-refractivity contribution is -0.121. The lowest BCUT2D eigenvalue weighted by Crippen LogP contribution is -2.37. The highest BCUT2D eigenvalue weighted by molar-refractivity contribution is 6.36. The van der Waals surface area contributed by atoms with Crippen LogP contribution in [0.2, 0.25) is 0 Å². The van der Waals surface area contributed by atoms with E-state index in [1.165, 1.54) is 4.42 Å². The largest absolute Gasteiger partial charge is 0.317 e. The Morgan fingerprint density at radius 2 is 2.00 bits per heavy atom. The molecule has 1 aliphatic rings. The van der Waals surface area contributed by atoms with Crippen molar-refractivity contribution in [3.8, 4) is 0 Å². The highest BCUT2D eigenvalue weighted by atomic mass is 35.5. The van der Waals surface area contributed by atoms with Crippen LogP contribution in [0.4, 0.5) is 5.69 Å². The fraction of sp³-hybridized carbons (Fsp3) is 0.455. The average molecular weight is 240 g/mol. The van der Waals surface area contributed by atoms with Gasteiger partial charge in [-0.25, -0.2) is 4.42 Å². The number of hydrogen-bond acceptors (Lipinski definition) is 3. The Labute approximate surface area is 99.7 Å². The molecule has 1 amide bonds. The molecule has 0 spiro atoms. The van der Waals surface area contributed by atoms with E-state index in [1.807, 2.05) is 0 Å². The summed E-state index contributed by atoms with van der Waals surface area (Å²) >= 11 is 6.03. The number of halogens is 1. The van der Waals surface area contributed by atoms with E-state index in [-0.39, 0.29) is 11.8 Å². The van der Waals surface area contributed by atoms with Gasteiger partial charge in [0.05, 0.1) is 5.69 Å². The highest BCUT2D eigenvalue weighted by Crippen LogP contribution is 2.22. The van der Waals surface area contributed by atoms with Gasteiger partial charge in [0.1, 0.15) is 0 Å². The SMILES string of the molecule is O=C(C1CCNCC1)N(Cl)c1ccncc1. The minimum atomic E-state index is -0.0191. The summed E-state index contributed by atoms with van der Waals surface area (Å²) in [5.74, 6) is 0.0151. The Hall–Kier alpha value is -1.13. The van der Waals surface area contributed by atoms with Crippen LogP contribution in [0.1, 0.15) is 12.8 Å². The van der Waals surface area contributed by atoms with E-state index in [0.29, 0.717) is 5.69 Å². The van der Waals surface area contributed by atoms with Crippen LogP contribution in [-0.2, 0) is 4.79 Å². The molecule has 0 aliphatic carbocycles. The van der Waals surface area contributed by atoms with Crippen molar-refractivity contribution in [2.75, 3.05) is 17.5 Å². The fourth-order valence-corrected chi connectivity index (χ4v) is 2.08. The molecule has 1 N–H and O–H groups in total. The third-order valence-electron chi connectivity index (χ3n) is 2.77. The Morgan fingerprint density at radius 3 is 2.62 bits per heavy atom. The van der Waals surface area contributed by atoms with Crippen molar-refractivity contribution >= 4 is 23.4 Å². The van der Waals surface area contributed by atoms with Crippen LogP contribution in [0.5, 0.6) is 0 Å². The number of aromatic nitrogens is 1. The van der Waals surface area contributed by atoms with E-state index in [9.17, 15) is 4.79 Å². The van der Waals surface area contributed by atoms with E-state index in [2.05, 4.69) is 10.3 Å². The second-order valence-corrected chi connectivity index (χ2v) is 4.19. The van der Waals surface area contributed by atoms with Crippen molar-refractivity contribution in [3.05, 3.63) is 24.5 Å². The Kier molecular flexibility index (Phi) is 3.74. The quantitative estimate of drug-likeness (QED) is 0.797. The second-order valence-electron chi connectivity index (χ2n) is 3.85. The predicted octanol–water partition coefficient (Wildman–Crippen LogP) is 1.57. The molecule has 1 aromatic rings. The van der Waals surface area contributed by atoms with Gasteiger partial charge in [0, 0.05) is 30.1 Å². The molecule has 0 saturated carbocycles.